The number of sulfonamides is 1. The lowest BCUT2D eigenvalue weighted by atomic mass is 10.2. The van der Waals surface area contributed by atoms with Crippen LogP contribution in [0.2, 0.25) is 0 Å². The Labute approximate surface area is 122 Å². The lowest BCUT2D eigenvalue weighted by molar-refractivity contribution is 0.102. The molecular weight excluding hydrogens is 294 g/mol. The first-order valence-electron chi connectivity index (χ1n) is 6.27. The molecule has 1 heterocycles. The Kier molecular flexibility index (Phi) is 4.53. The van der Waals surface area contributed by atoms with Crippen LogP contribution in [0.4, 0.5) is 11.6 Å². The van der Waals surface area contributed by atoms with Gasteiger partial charge < -0.3 is 0 Å². The lowest BCUT2D eigenvalue weighted by Gasteiger charge is -2.08. The minimum absolute atomic E-state index is 0.0293. The molecule has 0 unspecified atom stereocenters. The van der Waals surface area contributed by atoms with Gasteiger partial charge in [0.15, 0.2) is 0 Å². The SMILES string of the molecule is CCCS(=O)(=O)Nc1cccc(C(=O)Nc2ncn[nH]2)c1. The normalized spacial score (nSPS) is 11.1. The molecule has 2 rings (SSSR count). The molecule has 9 heteroatoms. The molecule has 21 heavy (non-hydrogen) atoms. The Morgan fingerprint density at radius 1 is 1.38 bits per heavy atom. The van der Waals surface area contributed by atoms with Crippen LogP contribution in [0.3, 0.4) is 0 Å². The van der Waals surface area contributed by atoms with Crippen molar-refractivity contribution in [3.05, 3.63) is 36.2 Å². The zero-order valence-electron chi connectivity index (χ0n) is 11.3. The number of nitrogens with zero attached hydrogens (tertiary/aromatic N) is 2. The summed E-state index contributed by atoms with van der Waals surface area (Å²) in [6.07, 6.45) is 1.78. The smallest absolute Gasteiger partial charge is 0.258 e. The molecule has 1 aromatic carbocycles. The van der Waals surface area contributed by atoms with Crippen LogP contribution in [0.1, 0.15) is 23.7 Å². The Balaban J connectivity index is 2.12. The van der Waals surface area contributed by atoms with Crippen molar-refractivity contribution in [1.29, 1.82) is 0 Å². The van der Waals surface area contributed by atoms with E-state index in [1.807, 2.05) is 0 Å². The maximum absolute atomic E-state index is 12.0. The first-order valence-corrected chi connectivity index (χ1v) is 7.92. The summed E-state index contributed by atoms with van der Waals surface area (Å²) in [5.74, 6) is -0.165. The Bertz CT molecular complexity index is 712. The van der Waals surface area contributed by atoms with E-state index in [9.17, 15) is 13.2 Å². The van der Waals surface area contributed by atoms with Crippen LogP contribution in [-0.2, 0) is 10.0 Å². The van der Waals surface area contributed by atoms with Gasteiger partial charge in [-0.3, -0.25) is 14.8 Å². The summed E-state index contributed by atoms with van der Waals surface area (Å²) in [6, 6.07) is 6.21. The van der Waals surface area contributed by atoms with Crippen LogP contribution < -0.4 is 10.0 Å². The van der Waals surface area contributed by atoms with Crippen LogP contribution in [-0.4, -0.2) is 35.3 Å². The highest BCUT2D eigenvalue weighted by Crippen LogP contribution is 2.14. The summed E-state index contributed by atoms with van der Waals surface area (Å²) in [7, 11) is -3.39. The van der Waals surface area contributed by atoms with E-state index in [1.165, 1.54) is 12.4 Å². The van der Waals surface area contributed by atoms with E-state index in [0.717, 1.165) is 0 Å². The van der Waals surface area contributed by atoms with Crippen molar-refractivity contribution in [3.63, 3.8) is 0 Å². The summed E-state index contributed by atoms with van der Waals surface area (Å²) in [6.45, 7) is 1.78. The number of hydrogen-bond donors (Lipinski definition) is 3. The van der Waals surface area contributed by atoms with Gasteiger partial charge in [-0.05, 0) is 24.6 Å². The highest BCUT2D eigenvalue weighted by atomic mass is 32.2. The summed E-state index contributed by atoms with van der Waals surface area (Å²) >= 11 is 0. The second-order valence-electron chi connectivity index (χ2n) is 4.29. The summed E-state index contributed by atoms with van der Waals surface area (Å²) < 4.78 is 25.8. The molecule has 1 amide bonds. The maximum atomic E-state index is 12.0. The Morgan fingerprint density at radius 2 is 2.19 bits per heavy atom. The van der Waals surface area contributed by atoms with E-state index >= 15 is 0 Å². The fourth-order valence-electron chi connectivity index (χ4n) is 1.67. The molecule has 0 fully saturated rings. The van der Waals surface area contributed by atoms with Gasteiger partial charge in [0.1, 0.15) is 6.33 Å². The number of carbonyl (C=O) groups is 1. The number of aromatic nitrogens is 3. The highest BCUT2D eigenvalue weighted by Gasteiger charge is 2.12. The molecule has 0 bridgehead atoms. The summed E-state index contributed by atoms with van der Waals surface area (Å²) in [5.41, 5.74) is 0.650. The largest absolute Gasteiger partial charge is 0.291 e. The van der Waals surface area contributed by atoms with Gasteiger partial charge in [0.2, 0.25) is 16.0 Å². The standard InChI is InChI=1S/C12H15N5O3S/c1-2-6-21(19,20)17-10-5-3-4-9(7-10)11(18)15-12-13-8-14-16-12/h3-5,7-8,17H,2,6H2,1H3,(H2,13,14,15,16,18). The van der Waals surface area contributed by atoms with E-state index in [0.29, 0.717) is 17.7 Å². The summed E-state index contributed by atoms with van der Waals surface area (Å²) in [5, 5.41) is 8.62. The molecular formula is C12H15N5O3S. The van der Waals surface area contributed by atoms with Gasteiger partial charge in [0.25, 0.3) is 5.91 Å². The number of anilines is 2. The minimum Gasteiger partial charge on any atom is -0.291 e. The molecule has 0 atom stereocenters. The number of nitrogens with one attached hydrogen (secondary N) is 3. The number of carbonyl (C=O) groups excluding carboxylic acids is 1. The zero-order valence-corrected chi connectivity index (χ0v) is 12.1. The van der Waals surface area contributed by atoms with Crippen LogP contribution in [0.15, 0.2) is 30.6 Å². The van der Waals surface area contributed by atoms with Crippen molar-refractivity contribution < 1.29 is 13.2 Å². The topological polar surface area (TPSA) is 117 Å². The maximum Gasteiger partial charge on any atom is 0.258 e. The van der Waals surface area contributed by atoms with Gasteiger partial charge in [-0.25, -0.2) is 13.5 Å². The third-order valence-corrected chi connectivity index (χ3v) is 4.01. The number of H-pyrrole nitrogens is 1. The third kappa shape index (κ3) is 4.28. The van der Waals surface area contributed by atoms with Gasteiger partial charge in [0.05, 0.1) is 5.75 Å². The van der Waals surface area contributed by atoms with Crippen molar-refractivity contribution in [2.45, 2.75) is 13.3 Å². The van der Waals surface area contributed by atoms with Crippen LogP contribution in [0.5, 0.6) is 0 Å². The van der Waals surface area contributed by atoms with E-state index in [2.05, 4.69) is 25.2 Å². The van der Waals surface area contributed by atoms with E-state index in [1.54, 1.807) is 25.1 Å². The molecule has 0 radical (unpaired) electrons. The van der Waals surface area contributed by atoms with Crippen molar-refractivity contribution in [2.75, 3.05) is 15.8 Å². The molecule has 2 aromatic rings. The molecule has 8 nitrogen and oxygen atoms in total. The predicted molar refractivity (Wildman–Crippen MR) is 78.5 cm³/mol. The zero-order chi connectivity index (χ0) is 15.3. The third-order valence-electron chi connectivity index (χ3n) is 2.52. The van der Waals surface area contributed by atoms with Crippen LogP contribution in [0.25, 0.3) is 0 Å². The Morgan fingerprint density at radius 3 is 2.86 bits per heavy atom. The quantitative estimate of drug-likeness (QED) is 0.741. The lowest BCUT2D eigenvalue weighted by Crippen LogP contribution is -2.17. The average Bonchev–Trinajstić information content (AvgIpc) is 2.91. The number of hydrogen-bond acceptors (Lipinski definition) is 5. The number of rotatable bonds is 6. The molecule has 0 saturated heterocycles. The second-order valence-corrected chi connectivity index (χ2v) is 6.13. The van der Waals surface area contributed by atoms with Crippen LogP contribution >= 0.6 is 0 Å². The van der Waals surface area contributed by atoms with Gasteiger partial charge >= 0.3 is 0 Å². The molecule has 0 aliphatic carbocycles. The van der Waals surface area contributed by atoms with Gasteiger partial charge in [-0.15, -0.1) is 0 Å². The molecule has 0 aliphatic rings. The fraction of sp³-hybridized carbons (Fsp3) is 0.250. The van der Waals surface area contributed by atoms with E-state index in [4.69, 9.17) is 0 Å². The fourth-order valence-corrected chi connectivity index (χ4v) is 2.79. The predicted octanol–water partition coefficient (Wildman–Crippen LogP) is 1.21. The molecule has 1 aromatic heterocycles. The van der Waals surface area contributed by atoms with Gasteiger partial charge in [0, 0.05) is 11.3 Å². The van der Waals surface area contributed by atoms with Crippen LogP contribution in [0, 0.1) is 0 Å². The number of aromatic amines is 1. The van der Waals surface area contributed by atoms with E-state index in [-0.39, 0.29) is 11.7 Å². The molecule has 3 N–H and O–H groups in total. The molecule has 0 spiro atoms. The first-order chi connectivity index (χ1) is 10.00. The Hall–Kier alpha value is -2.42. The molecule has 0 aliphatic heterocycles. The van der Waals surface area contributed by atoms with E-state index < -0.39 is 15.9 Å². The molecule has 112 valence electrons. The number of benzene rings is 1. The van der Waals surface area contributed by atoms with Crippen molar-refractivity contribution in [2.24, 2.45) is 0 Å². The van der Waals surface area contributed by atoms with Crippen molar-refractivity contribution >= 4 is 27.6 Å². The highest BCUT2D eigenvalue weighted by molar-refractivity contribution is 7.92. The van der Waals surface area contributed by atoms with Gasteiger partial charge in [-0.1, -0.05) is 13.0 Å². The first kappa shape index (κ1) is 15.0. The average molecular weight is 309 g/mol. The minimum atomic E-state index is -3.39. The molecule has 0 saturated carbocycles. The van der Waals surface area contributed by atoms with Crippen molar-refractivity contribution in [1.82, 2.24) is 15.2 Å². The number of amides is 1. The van der Waals surface area contributed by atoms with Gasteiger partial charge in [-0.2, -0.15) is 10.1 Å². The second kappa shape index (κ2) is 6.35. The van der Waals surface area contributed by atoms with Crippen molar-refractivity contribution in [3.8, 4) is 0 Å². The summed E-state index contributed by atoms with van der Waals surface area (Å²) in [4.78, 5) is 15.8. The monoisotopic (exact) mass is 309 g/mol.